The van der Waals surface area contributed by atoms with E-state index >= 15 is 0 Å². The first-order valence-corrected chi connectivity index (χ1v) is 17.1. The van der Waals surface area contributed by atoms with Crippen molar-refractivity contribution >= 4 is 28.0 Å². The summed E-state index contributed by atoms with van der Waals surface area (Å²) in [5, 5.41) is 5.09. The summed E-state index contributed by atoms with van der Waals surface area (Å²) in [6.45, 7) is 0. The Bertz CT molecular complexity index is 2550. The SMILES string of the molecule is C1=CC2NC(N3c4ccccc4-c4c(n(-c5ccccc5)c5ccccc45)-c4ccccc43)=CC=C2N=C1c1ccc(-c2ccccc2)cc1. The van der Waals surface area contributed by atoms with E-state index in [9.17, 15) is 0 Å². The van der Waals surface area contributed by atoms with Crippen molar-refractivity contribution in [2.75, 3.05) is 4.90 Å². The Morgan fingerprint density at radius 2 is 1.16 bits per heavy atom. The topological polar surface area (TPSA) is 32.6 Å². The molecule has 7 aromatic rings. The van der Waals surface area contributed by atoms with Gasteiger partial charge in [-0.2, -0.15) is 0 Å². The fourth-order valence-corrected chi connectivity index (χ4v) is 7.68. The second kappa shape index (κ2) is 11.5. The fraction of sp³-hybridized carbons (Fsp3) is 0.0217. The van der Waals surface area contributed by atoms with E-state index in [-0.39, 0.29) is 6.04 Å². The van der Waals surface area contributed by atoms with E-state index in [0.717, 1.165) is 39.9 Å². The van der Waals surface area contributed by atoms with E-state index in [2.05, 4.69) is 191 Å². The van der Waals surface area contributed by atoms with Crippen LogP contribution in [-0.2, 0) is 0 Å². The van der Waals surface area contributed by atoms with Crippen LogP contribution in [0.2, 0.25) is 0 Å². The molecule has 0 radical (unpaired) electrons. The van der Waals surface area contributed by atoms with E-state index in [1.54, 1.807) is 0 Å². The Morgan fingerprint density at radius 1 is 0.540 bits per heavy atom. The monoisotopic (exact) mass is 640 g/mol. The first kappa shape index (κ1) is 28.4. The molecule has 1 N–H and O–H groups in total. The van der Waals surface area contributed by atoms with E-state index < -0.39 is 0 Å². The van der Waals surface area contributed by atoms with Gasteiger partial charge in [-0.3, -0.25) is 9.89 Å². The van der Waals surface area contributed by atoms with Gasteiger partial charge in [0.15, 0.2) is 0 Å². The molecule has 0 spiro atoms. The predicted octanol–water partition coefficient (Wildman–Crippen LogP) is 10.8. The van der Waals surface area contributed by atoms with Crippen LogP contribution < -0.4 is 10.2 Å². The molecule has 4 heteroatoms. The highest BCUT2D eigenvalue weighted by Gasteiger charge is 2.33. The number of fused-ring (bicyclic) bond motifs is 8. The van der Waals surface area contributed by atoms with Crippen molar-refractivity contribution < 1.29 is 0 Å². The molecule has 6 aromatic carbocycles. The maximum Gasteiger partial charge on any atom is 0.111 e. The molecule has 0 saturated heterocycles. The molecule has 0 amide bonds. The van der Waals surface area contributed by atoms with E-state index in [0.29, 0.717) is 0 Å². The second-order valence-electron chi connectivity index (χ2n) is 12.8. The van der Waals surface area contributed by atoms with Crippen LogP contribution in [0.5, 0.6) is 0 Å². The van der Waals surface area contributed by atoms with Gasteiger partial charge in [0.2, 0.25) is 0 Å². The lowest BCUT2D eigenvalue weighted by molar-refractivity contribution is 0.710. The first-order chi connectivity index (χ1) is 24.8. The van der Waals surface area contributed by atoms with Gasteiger partial charge in [0.25, 0.3) is 0 Å². The van der Waals surface area contributed by atoms with Crippen LogP contribution in [0.1, 0.15) is 5.56 Å². The first-order valence-electron chi connectivity index (χ1n) is 17.1. The minimum Gasteiger partial charge on any atom is -0.359 e. The molecule has 236 valence electrons. The number of nitrogens with zero attached hydrogens (tertiary/aromatic N) is 3. The number of anilines is 2. The van der Waals surface area contributed by atoms with Crippen molar-refractivity contribution in [1.82, 2.24) is 9.88 Å². The van der Waals surface area contributed by atoms with E-state index in [1.165, 1.54) is 44.4 Å². The minimum absolute atomic E-state index is 0.0498. The molecule has 50 heavy (non-hydrogen) atoms. The number of rotatable bonds is 4. The molecule has 1 aromatic heterocycles. The molecular formula is C46H32N4. The normalized spacial score (nSPS) is 15.8. The van der Waals surface area contributed by atoms with Crippen molar-refractivity contribution in [2.24, 2.45) is 4.99 Å². The molecular weight excluding hydrogens is 609 g/mol. The number of para-hydroxylation sites is 4. The van der Waals surface area contributed by atoms with Gasteiger partial charge in [-0.15, -0.1) is 0 Å². The number of aromatic nitrogens is 1. The molecule has 0 aliphatic carbocycles. The van der Waals surface area contributed by atoms with Gasteiger partial charge < -0.3 is 9.88 Å². The van der Waals surface area contributed by atoms with Crippen LogP contribution >= 0.6 is 0 Å². The van der Waals surface area contributed by atoms with Gasteiger partial charge in [0, 0.05) is 33.3 Å². The lowest BCUT2D eigenvalue weighted by atomic mass is 9.98. The maximum atomic E-state index is 5.13. The van der Waals surface area contributed by atoms with Gasteiger partial charge in [0.05, 0.1) is 40.0 Å². The number of aliphatic imine (C=N–C) groups is 1. The molecule has 1 unspecified atom stereocenters. The summed E-state index contributed by atoms with van der Waals surface area (Å²) in [7, 11) is 0. The van der Waals surface area contributed by atoms with Gasteiger partial charge in [-0.1, -0.05) is 133 Å². The summed E-state index contributed by atoms with van der Waals surface area (Å²) >= 11 is 0. The van der Waals surface area contributed by atoms with E-state index in [1.807, 2.05) is 6.07 Å². The lowest BCUT2D eigenvalue weighted by Crippen LogP contribution is -2.39. The number of hydrogen-bond acceptors (Lipinski definition) is 3. The van der Waals surface area contributed by atoms with Crippen LogP contribution in [0, 0.1) is 0 Å². The standard InChI is InChI=1S/C46H32N4/c1-3-13-31(14-4-1)32-23-25-33(26-24-32)38-27-28-40-39(47-38)29-30-44(48-40)50-42-21-11-8-18-36(42)45-35-17-7-10-20-41(35)49(34-15-5-2-6-16-34)46(45)37-19-9-12-22-43(37)50/h1-30,40,48H. The minimum atomic E-state index is -0.0498. The molecule has 1 atom stereocenters. The third-order valence-corrected chi connectivity index (χ3v) is 9.96. The molecule has 10 rings (SSSR count). The Labute approximate surface area is 291 Å². The number of allylic oxidation sites excluding steroid dienone is 3. The fourth-order valence-electron chi connectivity index (χ4n) is 7.68. The smallest absolute Gasteiger partial charge is 0.111 e. The zero-order valence-corrected chi connectivity index (χ0v) is 27.2. The molecule has 4 nitrogen and oxygen atoms in total. The third kappa shape index (κ3) is 4.50. The van der Waals surface area contributed by atoms with Crippen LogP contribution in [0.15, 0.2) is 199 Å². The summed E-state index contributed by atoms with van der Waals surface area (Å²) < 4.78 is 2.43. The summed E-state index contributed by atoms with van der Waals surface area (Å²) in [5.41, 5.74) is 14.9. The summed E-state index contributed by atoms with van der Waals surface area (Å²) in [4.78, 5) is 7.52. The molecule has 3 aliphatic rings. The Hall–Kier alpha value is -6.65. The summed E-state index contributed by atoms with van der Waals surface area (Å²) in [6, 6.07) is 56.2. The molecule has 0 fully saturated rings. The highest BCUT2D eigenvalue weighted by atomic mass is 15.3. The van der Waals surface area contributed by atoms with Crippen LogP contribution in [0.4, 0.5) is 11.4 Å². The van der Waals surface area contributed by atoms with Crippen molar-refractivity contribution in [1.29, 1.82) is 0 Å². The Balaban J connectivity index is 1.10. The van der Waals surface area contributed by atoms with Gasteiger partial charge in [-0.25, -0.2) is 0 Å². The summed E-state index contributed by atoms with van der Waals surface area (Å²) in [5.74, 6) is 1.01. The molecule has 3 aliphatic heterocycles. The summed E-state index contributed by atoms with van der Waals surface area (Å²) in [6.07, 6.45) is 8.72. The van der Waals surface area contributed by atoms with Crippen LogP contribution in [-0.4, -0.2) is 16.3 Å². The largest absolute Gasteiger partial charge is 0.359 e. The van der Waals surface area contributed by atoms with Crippen molar-refractivity contribution in [3.63, 3.8) is 0 Å². The van der Waals surface area contributed by atoms with Crippen molar-refractivity contribution in [3.8, 4) is 39.2 Å². The van der Waals surface area contributed by atoms with Crippen LogP contribution in [0.25, 0.3) is 50.1 Å². The third-order valence-electron chi connectivity index (χ3n) is 9.96. The molecule has 0 bridgehead atoms. The highest BCUT2D eigenvalue weighted by molar-refractivity contribution is 6.12. The second-order valence-corrected chi connectivity index (χ2v) is 12.8. The number of nitrogens with one attached hydrogen (secondary N) is 1. The highest BCUT2D eigenvalue weighted by Crippen LogP contribution is 2.53. The number of benzene rings is 6. The molecule has 4 heterocycles. The lowest BCUT2D eigenvalue weighted by Gasteiger charge is -2.34. The van der Waals surface area contributed by atoms with Gasteiger partial charge in [0.1, 0.15) is 5.82 Å². The van der Waals surface area contributed by atoms with Crippen LogP contribution in [0.3, 0.4) is 0 Å². The number of hydrogen-bond donors (Lipinski definition) is 1. The average Bonchev–Trinajstić information content (AvgIpc) is 3.47. The number of dihydropyridines is 2. The maximum absolute atomic E-state index is 5.13. The zero-order valence-electron chi connectivity index (χ0n) is 27.2. The Kier molecular flexibility index (Phi) is 6.53. The zero-order chi connectivity index (χ0) is 33.0. The van der Waals surface area contributed by atoms with Crippen molar-refractivity contribution in [2.45, 2.75) is 6.04 Å². The predicted molar refractivity (Wildman–Crippen MR) is 207 cm³/mol. The van der Waals surface area contributed by atoms with Crippen molar-refractivity contribution in [3.05, 3.63) is 199 Å². The molecule has 0 saturated carbocycles. The quantitative estimate of drug-likeness (QED) is 0.208. The average molecular weight is 641 g/mol. The van der Waals surface area contributed by atoms with E-state index in [4.69, 9.17) is 4.99 Å². The Morgan fingerprint density at radius 3 is 1.96 bits per heavy atom. The van der Waals surface area contributed by atoms with Gasteiger partial charge in [-0.05, 0) is 59.7 Å². The van der Waals surface area contributed by atoms with Gasteiger partial charge >= 0.3 is 0 Å².